The van der Waals surface area contributed by atoms with Gasteiger partial charge >= 0.3 is 0 Å². The second-order valence-electron chi connectivity index (χ2n) is 4.27. The van der Waals surface area contributed by atoms with Gasteiger partial charge in [0.05, 0.1) is 5.70 Å². The third-order valence-electron chi connectivity index (χ3n) is 2.90. The van der Waals surface area contributed by atoms with Gasteiger partial charge in [0.15, 0.2) is 0 Å². The lowest BCUT2D eigenvalue weighted by Crippen LogP contribution is -2.31. The number of hydrogen-bond acceptors (Lipinski definition) is 3. The summed E-state index contributed by atoms with van der Waals surface area (Å²) in [4.78, 5) is 8.24. The smallest absolute Gasteiger partial charge is 0.0645 e. The summed E-state index contributed by atoms with van der Waals surface area (Å²) in [6, 6.07) is 8.24. The largest absolute Gasteiger partial charge is 0.354 e. The van der Waals surface area contributed by atoms with E-state index in [0.29, 0.717) is 0 Å². The molecule has 110 valence electrons. The van der Waals surface area contributed by atoms with E-state index in [0.717, 1.165) is 16.6 Å². The molecule has 0 fully saturated rings. The first-order chi connectivity index (χ1) is 10.3. The van der Waals surface area contributed by atoms with Crippen LogP contribution >= 0.6 is 0 Å². The lowest BCUT2D eigenvalue weighted by Gasteiger charge is -2.08. The van der Waals surface area contributed by atoms with Gasteiger partial charge in [-0.25, -0.2) is 0 Å². The quantitative estimate of drug-likeness (QED) is 0.653. The number of aliphatic imine (C=N–C) groups is 2. The average Bonchev–Trinajstić information content (AvgIpc) is 2.53. The number of allylic oxidation sites excluding steroid dienone is 2. The molecule has 0 saturated heterocycles. The third kappa shape index (κ3) is 5.22. The maximum atomic E-state index is 4.15. The Hall–Kier alpha value is -2.42. The minimum absolute atomic E-state index is 0.962. The molecule has 1 rings (SSSR count). The first-order valence-corrected chi connectivity index (χ1v) is 7.02. The molecule has 0 atom stereocenters. The number of rotatable bonds is 5. The van der Waals surface area contributed by atoms with Crippen molar-refractivity contribution in [3.63, 3.8) is 0 Å². The van der Waals surface area contributed by atoms with Crippen molar-refractivity contribution in [3.8, 4) is 0 Å². The topological polar surface area (TPSA) is 36.8 Å². The van der Waals surface area contributed by atoms with Crippen molar-refractivity contribution in [2.45, 2.75) is 20.8 Å². The van der Waals surface area contributed by atoms with Gasteiger partial charge in [-0.2, -0.15) is 0 Å². The van der Waals surface area contributed by atoms with Gasteiger partial charge in [-0.1, -0.05) is 36.4 Å². The van der Waals surface area contributed by atoms with Crippen LogP contribution in [0.4, 0.5) is 0 Å². The zero-order chi connectivity index (χ0) is 15.5. The summed E-state index contributed by atoms with van der Waals surface area (Å²) in [5, 5.41) is 5.70. The Labute approximate surface area is 126 Å². The molecular weight excluding hydrogens is 258 g/mol. The molecule has 0 aliphatic rings. The van der Waals surface area contributed by atoms with Crippen LogP contribution in [-0.2, 0) is 0 Å². The number of hydrogen-bond donors (Lipinski definition) is 1. The zero-order valence-electron chi connectivity index (χ0n) is 13.2. The van der Waals surface area contributed by atoms with E-state index < -0.39 is 0 Å². The average molecular weight is 281 g/mol. The van der Waals surface area contributed by atoms with Gasteiger partial charge in [0.2, 0.25) is 0 Å². The van der Waals surface area contributed by atoms with Gasteiger partial charge in [0, 0.05) is 36.6 Å². The van der Waals surface area contributed by atoms with Gasteiger partial charge in [-0.15, -0.1) is 0 Å². The van der Waals surface area contributed by atoms with E-state index in [2.05, 4.69) is 33.5 Å². The van der Waals surface area contributed by atoms with Crippen LogP contribution in [0.2, 0.25) is 0 Å². The fourth-order valence-electron chi connectivity index (χ4n) is 1.87. The highest BCUT2D eigenvalue weighted by Gasteiger charge is 1.98. The van der Waals surface area contributed by atoms with Crippen LogP contribution in [0, 0.1) is 0 Å². The third-order valence-corrected chi connectivity index (χ3v) is 2.90. The van der Waals surface area contributed by atoms with Crippen molar-refractivity contribution in [2.75, 3.05) is 7.05 Å². The lowest BCUT2D eigenvalue weighted by atomic mass is 10.2. The predicted octanol–water partition coefficient (Wildman–Crippen LogP) is 2.39. The molecule has 21 heavy (non-hydrogen) atoms. The molecule has 0 unspecified atom stereocenters. The Morgan fingerprint density at radius 2 is 1.90 bits per heavy atom. The van der Waals surface area contributed by atoms with E-state index in [-0.39, 0.29) is 0 Å². The molecule has 0 aromatic heterocycles. The van der Waals surface area contributed by atoms with Crippen LogP contribution in [0.1, 0.15) is 20.8 Å². The maximum absolute atomic E-state index is 4.15. The molecule has 0 heterocycles. The number of nitrogens with one attached hydrogen (secondary N) is 1. The van der Waals surface area contributed by atoms with Crippen LogP contribution in [0.15, 0.2) is 58.3 Å². The Morgan fingerprint density at radius 1 is 1.14 bits per heavy atom. The second-order valence-corrected chi connectivity index (χ2v) is 4.27. The summed E-state index contributed by atoms with van der Waals surface area (Å²) in [5.74, 6) is 0. The van der Waals surface area contributed by atoms with Gasteiger partial charge in [-0.3, -0.25) is 9.98 Å². The molecule has 0 bridgehead atoms. The Balaban J connectivity index is 3.32. The molecule has 0 radical (unpaired) electrons. The zero-order valence-corrected chi connectivity index (χ0v) is 13.2. The van der Waals surface area contributed by atoms with Crippen molar-refractivity contribution < 1.29 is 0 Å². The van der Waals surface area contributed by atoms with Gasteiger partial charge in [-0.05, 0) is 32.1 Å². The highest BCUT2D eigenvalue weighted by molar-refractivity contribution is 6.01. The van der Waals surface area contributed by atoms with Crippen molar-refractivity contribution in [3.05, 3.63) is 58.8 Å². The predicted molar refractivity (Wildman–Crippen MR) is 93.9 cm³/mol. The van der Waals surface area contributed by atoms with E-state index in [1.54, 1.807) is 19.5 Å². The van der Waals surface area contributed by atoms with Crippen LogP contribution in [0.5, 0.6) is 0 Å². The van der Waals surface area contributed by atoms with E-state index in [4.69, 9.17) is 0 Å². The molecule has 1 N–H and O–H groups in total. The Bertz CT molecular complexity index is 677. The van der Waals surface area contributed by atoms with Crippen molar-refractivity contribution in [2.24, 2.45) is 9.98 Å². The summed E-state index contributed by atoms with van der Waals surface area (Å²) >= 11 is 0. The molecule has 1 aromatic carbocycles. The fourth-order valence-corrected chi connectivity index (χ4v) is 1.87. The molecule has 0 amide bonds. The SMILES string of the molecule is CC=N/C=C\C(=C/C)N/C(C=NC)=c1\cccc\c1=C\C. The van der Waals surface area contributed by atoms with Crippen LogP contribution < -0.4 is 15.8 Å². The molecule has 3 nitrogen and oxygen atoms in total. The number of benzene rings is 1. The molecule has 0 aliphatic carbocycles. The first kappa shape index (κ1) is 16.6. The van der Waals surface area contributed by atoms with E-state index in [1.807, 2.05) is 51.3 Å². The second kappa shape index (κ2) is 9.48. The van der Waals surface area contributed by atoms with Gasteiger partial charge in [0.1, 0.15) is 0 Å². The monoisotopic (exact) mass is 281 g/mol. The first-order valence-electron chi connectivity index (χ1n) is 7.02. The Morgan fingerprint density at radius 3 is 2.52 bits per heavy atom. The molecular formula is C18H23N3. The lowest BCUT2D eigenvalue weighted by molar-refractivity contribution is 1.13. The number of nitrogens with zero attached hydrogens (tertiary/aromatic N) is 2. The van der Waals surface area contributed by atoms with Crippen LogP contribution in [0.25, 0.3) is 11.8 Å². The molecule has 0 aliphatic heterocycles. The standard InChI is InChI=1S/C18H23N3/c1-5-15-10-8-9-11-17(15)18(14-19-4)21-16(6-2)12-13-20-7-3/h5-14,21H,1-4H3/b13-12-,15-5-,16-6+,18-17+,19-14?,20-7?. The molecule has 1 aromatic rings. The fraction of sp³-hybridized carbons (Fsp3) is 0.222. The Kier molecular flexibility index (Phi) is 7.51. The summed E-state index contributed by atoms with van der Waals surface area (Å²) < 4.78 is 0. The summed E-state index contributed by atoms with van der Waals surface area (Å²) in [7, 11) is 1.77. The van der Waals surface area contributed by atoms with Crippen LogP contribution in [0.3, 0.4) is 0 Å². The molecule has 0 saturated carbocycles. The van der Waals surface area contributed by atoms with Crippen LogP contribution in [-0.4, -0.2) is 19.5 Å². The summed E-state index contributed by atoms with van der Waals surface area (Å²) in [6.07, 6.45) is 11.4. The van der Waals surface area contributed by atoms with E-state index in [9.17, 15) is 0 Å². The summed E-state index contributed by atoms with van der Waals surface area (Å²) in [6.45, 7) is 5.91. The van der Waals surface area contributed by atoms with Crippen molar-refractivity contribution in [1.29, 1.82) is 0 Å². The van der Waals surface area contributed by atoms with Gasteiger partial charge in [0.25, 0.3) is 0 Å². The maximum Gasteiger partial charge on any atom is 0.0645 e. The van der Waals surface area contributed by atoms with Crippen molar-refractivity contribution in [1.82, 2.24) is 5.32 Å². The highest BCUT2D eigenvalue weighted by Crippen LogP contribution is 1.96. The van der Waals surface area contributed by atoms with Gasteiger partial charge < -0.3 is 5.32 Å². The van der Waals surface area contributed by atoms with Crippen molar-refractivity contribution >= 4 is 24.2 Å². The highest BCUT2D eigenvalue weighted by atomic mass is 14.9. The molecule has 0 spiro atoms. The normalized spacial score (nSPS) is 15.4. The summed E-state index contributed by atoms with van der Waals surface area (Å²) in [5.41, 5.74) is 1.94. The molecule has 3 heteroatoms. The minimum atomic E-state index is 0.962. The minimum Gasteiger partial charge on any atom is -0.354 e. The van der Waals surface area contributed by atoms with E-state index >= 15 is 0 Å². The van der Waals surface area contributed by atoms with E-state index in [1.165, 1.54) is 5.22 Å².